The molecule has 6 heteroatoms. The van der Waals surface area contributed by atoms with Gasteiger partial charge in [0.15, 0.2) is 0 Å². The van der Waals surface area contributed by atoms with Gasteiger partial charge in [0.05, 0.1) is 23.8 Å². The number of hydrogen-bond donors (Lipinski definition) is 2. The van der Waals surface area contributed by atoms with E-state index in [0.29, 0.717) is 16.6 Å². The molecule has 1 heterocycles. The second-order valence-corrected chi connectivity index (χ2v) is 5.87. The molecule has 25 heavy (non-hydrogen) atoms. The van der Waals surface area contributed by atoms with Gasteiger partial charge in [-0.1, -0.05) is 24.3 Å². The third-order valence-corrected chi connectivity index (χ3v) is 4.07. The van der Waals surface area contributed by atoms with Crippen molar-refractivity contribution in [2.24, 2.45) is 0 Å². The van der Waals surface area contributed by atoms with Gasteiger partial charge < -0.3 is 10.4 Å². The van der Waals surface area contributed by atoms with Crippen molar-refractivity contribution in [2.45, 2.75) is 26.5 Å². The lowest BCUT2D eigenvalue weighted by atomic mass is 10.1. The number of nitrogens with one attached hydrogen (secondary N) is 1. The van der Waals surface area contributed by atoms with E-state index in [0.717, 1.165) is 11.1 Å². The topological polar surface area (TPSA) is 84.2 Å². The van der Waals surface area contributed by atoms with Crippen molar-refractivity contribution in [1.29, 1.82) is 0 Å². The van der Waals surface area contributed by atoms with Gasteiger partial charge in [-0.15, -0.1) is 0 Å². The molecule has 0 radical (unpaired) electrons. The Labute approximate surface area is 144 Å². The van der Waals surface area contributed by atoms with Crippen LogP contribution in [-0.4, -0.2) is 20.6 Å². The Kier molecular flexibility index (Phi) is 4.90. The number of anilines is 1. The second-order valence-electron chi connectivity index (χ2n) is 5.87. The van der Waals surface area contributed by atoms with Crippen LogP contribution in [0.3, 0.4) is 0 Å². The van der Waals surface area contributed by atoms with Gasteiger partial charge in [-0.3, -0.25) is 14.2 Å². The number of hydrogen-bond acceptors (Lipinski definition) is 4. The van der Waals surface area contributed by atoms with E-state index in [9.17, 15) is 14.7 Å². The van der Waals surface area contributed by atoms with Crippen LogP contribution in [0.4, 0.5) is 5.69 Å². The maximum atomic E-state index is 12.4. The highest BCUT2D eigenvalue weighted by Gasteiger charge is 2.08. The summed E-state index contributed by atoms with van der Waals surface area (Å²) in [7, 11) is 0. The summed E-state index contributed by atoms with van der Waals surface area (Å²) in [5.41, 5.74) is 2.80. The molecule has 0 saturated heterocycles. The number of aryl methyl sites for hydroxylation is 2. The van der Waals surface area contributed by atoms with E-state index in [1.165, 1.54) is 10.9 Å². The quantitative estimate of drug-likeness (QED) is 0.748. The first kappa shape index (κ1) is 16.9. The smallest absolute Gasteiger partial charge is 0.261 e. The minimum atomic E-state index is -0.196. The third kappa shape index (κ3) is 3.75. The number of carbonyl (C=O) groups is 1. The maximum Gasteiger partial charge on any atom is 0.261 e. The molecule has 128 valence electrons. The fourth-order valence-corrected chi connectivity index (χ4v) is 2.60. The lowest BCUT2D eigenvalue weighted by Gasteiger charge is -2.11. The summed E-state index contributed by atoms with van der Waals surface area (Å²) >= 11 is 0. The number of benzene rings is 2. The highest BCUT2D eigenvalue weighted by Crippen LogP contribution is 2.17. The number of fused-ring (bicyclic) bond motifs is 1. The van der Waals surface area contributed by atoms with Crippen molar-refractivity contribution in [3.63, 3.8) is 0 Å². The number of aliphatic hydroxyl groups excluding tert-OH is 1. The summed E-state index contributed by atoms with van der Waals surface area (Å²) in [4.78, 5) is 28.8. The molecule has 0 aliphatic rings. The molecule has 6 nitrogen and oxygen atoms in total. The van der Waals surface area contributed by atoms with Gasteiger partial charge in [0, 0.05) is 18.7 Å². The van der Waals surface area contributed by atoms with Gasteiger partial charge in [-0.2, -0.15) is 0 Å². The molecule has 0 saturated carbocycles. The zero-order valence-corrected chi connectivity index (χ0v) is 13.9. The minimum Gasteiger partial charge on any atom is -0.392 e. The molecule has 0 aliphatic heterocycles. The Morgan fingerprint density at radius 3 is 2.84 bits per heavy atom. The highest BCUT2D eigenvalue weighted by atomic mass is 16.3. The SMILES string of the molecule is Cc1ccc(CO)cc1NC(=O)CCn1cnc2ccccc2c1=O. The Balaban J connectivity index is 1.71. The number of amides is 1. The van der Waals surface area contributed by atoms with Crippen LogP contribution < -0.4 is 10.9 Å². The Morgan fingerprint density at radius 2 is 2.04 bits per heavy atom. The first-order valence-electron chi connectivity index (χ1n) is 8.03. The van der Waals surface area contributed by atoms with Gasteiger partial charge in [0.2, 0.25) is 5.91 Å². The predicted octanol–water partition coefficient (Wildman–Crippen LogP) is 2.23. The summed E-state index contributed by atoms with van der Waals surface area (Å²) in [6.07, 6.45) is 1.62. The fraction of sp³-hybridized carbons (Fsp3) is 0.211. The molecular formula is C19H19N3O3. The Bertz CT molecular complexity index is 979. The van der Waals surface area contributed by atoms with Crippen LogP contribution in [-0.2, 0) is 17.9 Å². The lowest BCUT2D eigenvalue weighted by Crippen LogP contribution is -2.23. The van der Waals surface area contributed by atoms with Gasteiger partial charge >= 0.3 is 0 Å². The molecule has 3 aromatic rings. The predicted molar refractivity (Wildman–Crippen MR) is 96.4 cm³/mol. The zero-order chi connectivity index (χ0) is 17.8. The first-order valence-corrected chi connectivity index (χ1v) is 8.03. The van der Waals surface area contributed by atoms with E-state index in [-0.39, 0.29) is 31.0 Å². The number of aliphatic hydroxyl groups is 1. The normalized spacial score (nSPS) is 10.8. The molecule has 0 bridgehead atoms. The van der Waals surface area contributed by atoms with Crippen LogP contribution >= 0.6 is 0 Å². The van der Waals surface area contributed by atoms with Crippen molar-refractivity contribution in [1.82, 2.24) is 9.55 Å². The van der Waals surface area contributed by atoms with Crippen LogP contribution in [0, 0.1) is 6.92 Å². The van der Waals surface area contributed by atoms with E-state index in [2.05, 4.69) is 10.3 Å². The third-order valence-electron chi connectivity index (χ3n) is 4.07. The maximum absolute atomic E-state index is 12.4. The molecule has 1 amide bonds. The summed E-state index contributed by atoms with van der Waals surface area (Å²) in [5, 5.41) is 12.6. The van der Waals surface area contributed by atoms with Crippen LogP contribution in [0.5, 0.6) is 0 Å². The average Bonchev–Trinajstić information content (AvgIpc) is 2.63. The van der Waals surface area contributed by atoms with Crippen molar-refractivity contribution >= 4 is 22.5 Å². The van der Waals surface area contributed by atoms with Gasteiger partial charge in [0.25, 0.3) is 5.56 Å². The molecule has 0 atom stereocenters. The lowest BCUT2D eigenvalue weighted by molar-refractivity contribution is -0.116. The van der Waals surface area contributed by atoms with Crippen molar-refractivity contribution in [3.8, 4) is 0 Å². The molecule has 0 aliphatic carbocycles. The number of para-hydroxylation sites is 1. The standard InChI is InChI=1S/C19H19N3O3/c1-13-6-7-14(11-23)10-17(13)21-18(24)8-9-22-12-20-16-5-3-2-4-15(16)19(22)25/h2-7,10,12,23H,8-9,11H2,1H3,(H,21,24). The van der Waals surface area contributed by atoms with Gasteiger partial charge in [0.1, 0.15) is 0 Å². The summed E-state index contributed by atoms with van der Waals surface area (Å²) in [5.74, 6) is -0.196. The molecule has 0 spiro atoms. The minimum absolute atomic E-state index is 0.0820. The number of nitrogens with zero attached hydrogens (tertiary/aromatic N) is 2. The molecule has 0 unspecified atom stereocenters. The van der Waals surface area contributed by atoms with Crippen LogP contribution in [0.2, 0.25) is 0 Å². The zero-order valence-electron chi connectivity index (χ0n) is 13.9. The highest BCUT2D eigenvalue weighted by molar-refractivity contribution is 5.91. The van der Waals surface area contributed by atoms with Crippen LogP contribution in [0.1, 0.15) is 17.5 Å². The second kappa shape index (κ2) is 7.27. The average molecular weight is 337 g/mol. The summed E-state index contributed by atoms with van der Waals surface area (Å²) in [6, 6.07) is 12.5. The van der Waals surface area contributed by atoms with E-state index >= 15 is 0 Å². The Morgan fingerprint density at radius 1 is 1.24 bits per heavy atom. The van der Waals surface area contributed by atoms with Gasteiger partial charge in [-0.25, -0.2) is 4.98 Å². The molecule has 2 N–H and O–H groups in total. The van der Waals surface area contributed by atoms with Crippen LogP contribution in [0.25, 0.3) is 10.9 Å². The van der Waals surface area contributed by atoms with E-state index in [1.54, 1.807) is 24.3 Å². The van der Waals surface area contributed by atoms with Gasteiger partial charge in [-0.05, 0) is 36.2 Å². The fourth-order valence-electron chi connectivity index (χ4n) is 2.60. The number of aromatic nitrogens is 2. The van der Waals surface area contributed by atoms with E-state index < -0.39 is 0 Å². The number of carbonyl (C=O) groups excluding carboxylic acids is 1. The van der Waals surface area contributed by atoms with Crippen LogP contribution in [0.15, 0.2) is 53.6 Å². The molecule has 2 aromatic carbocycles. The monoisotopic (exact) mass is 337 g/mol. The number of rotatable bonds is 5. The van der Waals surface area contributed by atoms with E-state index in [1.807, 2.05) is 25.1 Å². The van der Waals surface area contributed by atoms with Crippen molar-refractivity contribution in [2.75, 3.05) is 5.32 Å². The van der Waals surface area contributed by atoms with Crippen molar-refractivity contribution < 1.29 is 9.90 Å². The van der Waals surface area contributed by atoms with E-state index in [4.69, 9.17) is 0 Å². The molecule has 0 fully saturated rings. The molecular weight excluding hydrogens is 318 g/mol. The molecule has 3 rings (SSSR count). The summed E-state index contributed by atoms with van der Waals surface area (Å²) < 4.78 is 1.44. The van der Waals surface area contributed by atoms with Crippen molar-refractivity contribution in [3.05, 3.63) is 70.3 Å². The molecule has 1 aromatic heterocycles. The Hall–Kier alpha value is -2.99. The summed E-state index contributed by atoms with van der Waals surface area (Å²) in [6.45, 7) is 2.05. The largest absolute Gasteiger partial charge is 0.392 e. The first-order chi connectivity index (χ1) is 12.1.